The van der Waals surface area contributed by atoms with Crippen molar-refractivity contribution in [2.24, 2.45) is 17.8 Å². The number of hydrogen-bond donors (Lipinski definition) is 0. The van der Waals surface area contributed by atoms with Gasteiger partial charge in [-0.3, -0.25) is 9.59 Å². The van der Waals surface area contributed by atoms with Gasteiger partial charge in [0, 0.05) is 6.42 Å². The largest absolute Gasteiger partial charge is 0.465 e. The molecule has 0 aromatic rings. The molecule has 2 fully saturated rings. The molecule has 12 heavy (non-hydrogen) atoms. The number of hydrogen-bond acceptors (Lipinski definition) is 3. The van der Waals surface area contributed by atoms with Gasteiger partial charge in [-0.15, -0.1) is 0 Å². The molecular weight excluding hydrogens is 156 g/mol. The molecular formula is C9H12O3. The molecule has 66 valence electrons. The van der Waals surface area contributed by atoms with Crippen molar-refractivity contribution in [1.29, 1.82) is 0 Å². The topological polar surface area (TPSA) is 43.4 Å². The van der Waals surface area contributed by atoms with Crippen LogP contribution in [0, 0.1) is 17.8 Å². The Hall–Kier alpha value is -0.860. The Morgan fingerprint density at radius 2 is 2.42 bits per heavy atom. The van der Waals surface area contributed by atoms with E-state index in [0.717, 1.165) is 6.42 Å². The zero-order chi connectivity index (χ0) is 8.72. The van der Waals surface area contributed by atoms with Gasteiger partial charge in [0.2, 0.25) is 0 Å². The summed E-state index contributed by atoms with van der Waals surface area (Å²) in [7, 11) is 0. The predicted octanol–water partition coefficient (Wildman–Crippen LogP) is 0.775. The number of ketones is 1. The van der Waals surface area contributed by atoms with E-state index in [-0.39, 0.29) is 11.8 Å². The lowest BCUT2D eigenvalue weighted by Gasteiger charge is -2.08. The van der Waals surface area contributed by atoms with Crippen LogP contribution >= 0.6 is 0 Å². The molecule has 3 unspecified atom stereocenters. The molecule has 2 aliphatic carbocycles. The van der Waals surface area contributed by atoms with Crippen molar-refractivity contribution in [3.05, 3.63) is 0 Å². The Kier molecular flexibility index (Phi) is 1.67. The number of Topliss-reactive ketones (excluding diaryl/α,β-unsaturated/α-hetero) is 1. The molecule has 0 spiro atoms. The van der Waals surface area contributed by atoms with Crippen molar-refractivity contribution >= 4 is 11.8 Å². The maximum Gasteiger partial charge on any atom is 0.316 e. The fraction of sp³-hybridized carbons (Fsp3) is 0.778. The summed E-state index contributed by atoms with van der Waals surface area (Å²) in [6.07, 6.45) is 1.66. The summed E-state index contributed by atoms with van der Waals surface area (Å²) in [5.41, 5.74) is 0. The number of fused-ring (bicyclic) bond motifs is 1. The van der Waals surface area contributed by atoms with Crippen LogP contribution in [-0.4, -0.2) is 18.4 Å². The van der Waals surface area contributed by atoms with Gasteiger partial charge < -0.3 is 4.74 Å². The molecule has 2 rings (SSSR count). The average Bonchev–Trinajstić information content (AvgIpc) is 2.63. The van der Waals surface area contributed by atoms with E-state index in [2.05, 4.69) is 0 Å². The van der Waals surface area contributed by atoms with Crippen molar-refractivity contribution < 1.29 is 14.3 Å². The molecule has 3 nitrogen and oxygen atoms in total. The van der Waals surface area contributed by atoms with Crippen LogP contribution in [-0.2, 0) is 14.3 Å². The van der Waals surface area contributed by atoms with Crippen LogP contribution in [0.5, 0.6) is 0 Å². The van der Waals surface area contributed by atoms with Gasteiger partial charge in [-0.25, -0.2) is 0 Å². The zero-order valence-electron chi connectivity index (χ0n) is 7.08. The van der Waals surface area contributed by atoms with Crippen LogP contribution in [0.2, 0.25) is 0 Å². The summed E-state index contributed by atoms with van der Waals surface area (Å²) < 4.78 is 4.83. The van der Waals surface area contributed by atoms with E-state index < -0.39 is 5.92 Å². The highest BCUT2D eigenvalue weighted by Gasteiger charge is 2.56. The second-order valence-electron chi connectivity index (χ2n) is 3.56. The summed E-state index contributed by atoms with van der Waals surface area (Å²) >= 11 is 0. The van der Waals surface area contributed by atoms with E-state index in [1.165, 1.54) is 0 Å². The Morgan fingerprint density at radius 1 is 1.67 bits per heavy atom. The molecule has 0 bridgehead atoms. The van der Waals surface area contributed by atoms with Crippen LogP contribution < -0.4 is 0 Å². The van der Waals surface area contributed by atoms with Gasteiger partial charge in [0.1, 0.15) is 11.7 Å². The first-order valence-corrected chi connectivity index (χ1v) is 4.43. The molecule has 0 heterocycles. The van der Waals surface area contributed by atoms with E-state index in [0.29, 0.717) is 24.9 Å². The SMILES string of the molecule is CCOC(=O)C1C(=O)CC2CC21. The molecule has 2 saturated carbocycles. The van der Waals surface area contributed by atoms with Crippen LogP contribution in [0.15, 0.2) is 0 Å². The number of esters is 1. The first-order valence-electron chi connectivity index (χ1n) is 4.43. The lowest BCUT2D eigenvalue weighted by molar-refractivity contribution is -0.151. The third kappa shape index (κ3) is 1.04. The number of ether oxygens (including phenoxy) is 1. The number of rotatable bonds is 2. The average molecular weight is 168 g/mol. The number of carbonyl (C=O) groups excluding carboxylic acids is 2. The van der Waals surface area contributed by atoms with Gasteiger partial charge >= 0.3 is 5.97 Å². The Morgan fingerprint density at radius 3 is 2.92 bits per heavy atom. The lowest BCUT2D eigenvalue weighted by atomic mass is 10.0. The van der Waals surface area contributed by atoms with Crippen LogP contribution in [0.4, 0.5) is 0 Å². The van der Waals surface area contributed by atoms with E-state index in [4.69, 9.17) is 4.74 Å². The van der Waals surface area contributed by atoms with E-state index in [9.17, 15) is 9.59 Å². The summed E-state index contributed by atoms with van der Waals surface area (Å²) in [5.74, 6) is 0.223. The first-order chi connectivity index (χ1) is 5.74. The number of carbonyl (C=O) groups is 2. The van der Waals surface area contributed by atoms with E-state index in [1.807, 2.05) is 0 Å². The van der Waals surface area contributed by atoms with Gasteiger partial charge in [0.05, 0.1) is 6.61 Å². The van der Waals surface area contributed by atoms with Gasteiger partial charge in [-0.05, 0) is 25.2 Å². The fourth-order valence-corrected chi connectivity index (χ4v) is 2.08. The Bertz CT molecular complexity index is 234. The Balaban J connectivity index is 2.02. The van der Waals surface area contributed by atoms with Gasteiger partial charge in [0.25, 0.3) is 0 Å². The normalized spacial score (nSPS) is 37.8. The van der Waals surface area contributed by atoms with E-state index in [1.54, 1.807) is 6.92 Å². The Labute approximate surface area is 71.1 Å². The zero-order valence-corrected chi connectivity index (χ0v) is 7.08. The minimum absolute atomic E-state index is 0.0923. The molecule has 0 amide bonds. The summed E-state index contributed by atoms with van der Waals surface area (Å²) in [6, 6.07) is 0. The third-order valence-corrected chi connectivity index (χ3v) is 2.76. The second kappa shape index (κ2) is 2.57. The van der Waals surface area contributed by atoms with Gasteiger partial charge in [-0.2, -0.15) is 0 Å². The third-order valence-electron chi connectivity index (χ3n) is 2.76. The smallest absolute Gasteiger partial charge is 0.316 e. The highest BCUT2D eigenvalue weighted by atomic mass is 16.5. The maximum atomic E-state index is 11.2. The van der Waals surface area contributed by atoms with Gasteiger partial charge in [-0.1, -0.05) is 0 Å². The molecule has 0 aliphatic heterocycles. The second-order valence-corrected chi connectivity index (χ2v) is 3.56. The first kappa shape index (κ1) is 7.77. The molecule has 0 radical (unpaired) electrons. The molecule has 0 aromatic carbocycles. The monoisotopic (exact) mass is 168 g/mol. The van der Waals surface area contributed by atoms with E-state index >= 15 is 0 Å². The van der Waals surface area contributed by atoms with Crippen molar-refractivity contribution in [2.75, 3.05) is 6.61 Å². The van der Waals surface area contributed by atoms with Crippen LogP contribution in [0.25, 0.3) is 0 Å². The molecule has 0 saturated heterocycles. The highest BCUT2D eigenvalue weighted by molar-refractivity contribution is 6.02. The van der Waals surface area contributed by atoms with Crippen molar-refractivity contribution in [2.45, 2.75) is 19.8 Å². The fourth-order valence-electron chi connectivity index (χ4n) is 2.08. The highest BCUT2D eigenvalue weighted by Crippen LogP contribution is 2.53. The predicted molar refractivity (Wildman–Crippen MR) is 41.3 cm³/mol. The minimum Gasteiger partial charge on any atom is -0.465 e. The molecule has 2 aliphatic rings. The molecule has 3 atom stereocenters. The van der Waals surface area contributed by atoms with Gasteiger partial charge in [0.15, 0.2) is 0 Å². The maximum absolute atomic E-state index is 11.2. The molecule has 0 aromatic heterocycles. The lowest BCUT2D eigenvalue weighted by Crippen LogP contribution is -2.24. The van der Waals surface area contributed by atoms with Crippen LogP contribution in [0.1, 0.15) is 19.8 Å². The summed E-state index contributed by atoms with van der Waals surface area (Å²) in [5, 5.41) is 0. The molecule has 0 N–H and O–H groups in total. The summed E-state index contributed by atoms with van der Waals surface area (Å²) in [6.45, 7) is 2.14. The minimum atomic E-state index is -0.407. The molecule has 3 heteroatoms. The van der Waals surface area contributed by atoms with Crippen molar-refractivity contribution in [1.82, 2.24) is 0 Å². The standard InChI is InChI=1S/C9H12O3/c1-2-12-9(11)8-6-3-5(6)4-7(8)10/h5-6,8H,2-4H2,1H3. The van der Waals surface area contributed by atoms with Crippen LogP contribution in [0.3, 0.4) is 0 Å². The quantitative estimate of drug-likeness (QED) is 0.452. The van der Waals surface area contributed by atoms with Crippen molar-refractivity contribution in [3.63, 3.8) is 0 Å². The van der Waals surface area contributed by atoms with Crippen molar-refractivity contribution in [3.8, 4) is 0 Å². The summed E-state index contributed by atoms with van der Waals surface area (Å²) in [4.78, 5) is 22.5.